The number of nitriles is 1. The summed E-state index contributed by atoms with van der Waals surface area (Å²) in [7, 11) is 1.52. The van der Waals surface area contributed by atoms with Gasteiger partial charge in [0.05, 0.1) is 5.56 Å². The molecular formula is C18H18N4O3. The molecular weight excluding hydrogens is 320 g/mol. The Bertz CT molecular complexity index is 797. The van der Waals surface area contributed by atoms with Crippen LogP contribution in [-0.2, 0) is 4.79 Å². The van der Waals surface area contributed by atoms with Crippen LogP contribution in [0.1, 0.15) is 12.5 Å². The van der Waals surface area contributed by atoms with Crippen LogP contribution >= 0.6 is 0 Å². The van der Waals surface area contributed by atoms with Gasteiger partial charge in [0.25, 0.3) is 5.91 Å². The van der Waals surface area contributed by atoms with E-state index in [1.54, 1.807) is 55.5 Å². The summed E-state index contributed by atoms with van der Waals surface area (Å²) in [5, 5.41) is 16.8. The van der Waals surface area contributed by atoms with Gasteiger partial charge in [0.1, 0.15) is 11.8 Å². The van der Waals surface area contributed by atoms with E-state index in [1.807, 2.05) is 6.07 Å². The van der Waals surface area contributed by atoms with Crippen LogP contribution in [0.4, 0.5) is 16.2 Å². The monoisotopic (exact) mass is 338 g/mol. The smallest absolute Gasteiger partial charge is 0.318 e. The molecule has 1 atom stereocenters. The first-order valence-electron chi connectivity index (χ1n) is 7.59. The second-order valence-electron chi connectivity index (χ2n) is 5.14. The van der Waals surface area contributed by atoms with Crippen molar-refractivity contribution in [2.24, 2.45) is 0 Å². The molecule has 0 radical (unpaired) electrons. The van der Waals surface area contributed by atoms with Crippen molar-refractivity contribution in [2.45, 2.75) is 13.0 Å². The average molecular weight is 338 g/mol. The number of carbonyl (C=O) groups excluding carboxylic acids is 2. The molecule has 2 aromatic carbocycles. The molecule has 0 aromatic heterocycles. The second-order valence-corrected chi connectivity index (χ2v) is 5.14. The van der Waals surface area contributed by atoms with Crippen LogP contribution in [0.3, 0.4) is 0 Å². The number of hydrogen-bond acceptors (Lipinski definition) is 4. The number of rotatable bonds is 5. The molecule has 3 N–H and O–H groups in total. The van der Waals surface area contributed by atoms with Gasteiger partial charge < -0.3 is 20.7 Å². The molecule has 2 rings (SSSR count). The number of para-hydroxylation sites is 1. The molecule has 2 aromatic rings. The standard InChI is InChI=1S/C18H18N4O3/c1-12(25-16-6-4-3-5-13(16)11-19)17(23)21-14-7-9-15(10-8-14)22-18(24)20-2/h3-10,12H,1-2H3,(H,21,23)(H2,20,22,24). The number of urea groups is 1. The van der Waals surface area contributed by atoms with Crippen LogP contribution in [0.2, 0.25) is 0 Å². The molecule has 0 saturated heterocycles. The van der Waals surface area contributed by atoms with Crippen molar-refractivity contribution >= 4 is 23.3 Å². The number of benzene rings is 2. The Morgan fingerprint density at radius 3 is 2.24 bits per heavy atom. The van der Waals surface area contributed by atoms with Crippen molar-refractivity contribution in [3.05, 3.63) is 54.1 Å². The van der Waals surface area contributed by atoms with Crippen molar-refractivity contribution in [1.29, 1.82) is 5.26 Å². The van der Waals surface area contributed by atoms with Crippen LogP contribution < -0.4 is 20.7 Å². The Morgan fingerprint density at radius 2 is 1.64 bits per heavy atom. The van der Waals surface area contributed by atoms with Gasteiger partial charge in [-0.25, -0.2) is 4.79 Å². The van der Waals surface area contributed by atoms with E-state index < -0.39 is 6.10 Å². The van der Waals surface area contributed by atoms with Crippen molar-refractivity contribution in [3.63, 3.8) is 0 Å². The summed E-state index contributed by atoms with van der Waals surface area (Å²) in [6.07, 6.45) is -0.779. The Kier molecular flexibility index (Phi) is 5.96. The lowest BCUT2D eigenvalue weighted by atomic mass is 10.2. The van der Waals surface area contributed by atoms with Crippen molar-refractivity contribution < 1.29 is 14.3 Å². The molecule has 0 heterocycles. The Labute approximate surface area is 145 Å². The zero-order chi connectivity index (χ0) is 18.2. The Balaban J connectivity index is 1.97. The third kappa shape index (κ3) is 4.97. The number of anilines is 2. The highest BCUT2D eigenvalue weighted by atomic mass is 16.5. The molecule has 0 bridgehead atoms. The summed E-state index contributed by atoms with van der Waals surface area (Å²) >= 11 is 0. The molecule has 1 unspecified atom stereocenters. The molecule has 0 aliphatic heterocycles. The molecule has 0 aliphatic rings. The van der Waals surface area contributed by atoms with Gasteiger partial charge in [0.15, 0.2) is 6.10 Å². The van der Waals surface area contributed by atoms with E-state index in [9.17, 15) is 9.59 Å². The minimum atomic E-state index is -0.779. The topological polar surface area (TPSA) is 103 Å². The fourth-order valence-corrected chi connectivity index (χ4v) is 1.98. The first-order chi connectivity index (χ1) is 12.0. The molecule has 128 valence electrons. The van der Waals surface area contributed by atoms with Crippen molar-refractivity contribution in [1.82, 2.24) is 5.32 Å². The lowest BCUT2D eigenvalue weighted by Gasteiger charge is -2.15. The van der Waals surface area contributed by atoms with Gasteiger partial charge >= 0.3 is 6.03 Å². The van der Waals surface area contributed by atoms with E-state index in [0.29, 0.717) is 22.7 Å². The summed E-state index contributed by atoms with van der Waals surface area (Å²) in [4.78, 5) is 23.5. The van der Waals surface area contributed by atoms with E-state index in [4.69, 9.17) is 10.00 Å². The molecule has 0 saturated carbocycles. The van der Waals surface area contributed by atoms with Gasteiger partial charge in [-0.05, 0) is 43.3 Å². The van der Waals surface area contributed by atoms with Crippen LogP contribution in [0, 0.1) is 11.3 Å². The summed E-state index contributed by atoms with van der Waals surface area (Å²) in [6.45, 7) is 1.60. The minimum Gasteiger partial charge on any atom is -0.480 e. The summed E-state index contributed by atoms with van der Waals surface area (Å²) in [6, 6.07) is 15.1. The summed E-state index contributed by atoms with van der Waals surface area (Å²) in [5.41, 5.74) is 1.54. The Hall–Kier alpha value is -3.53. The third-order valence-corrected chi connectivity index (χ3v) is 3.32. The van der Waals surface area contributed by atoms with Gasteiger partial charge in [-0.2, -0.15) is 5.26 Å². The fraction of sp³-hybridized carbons (Fsp3) is 0.167. The third-order valence-electron chi connectivity index (χ3n) is 3.32. The first kappa shape index (κ1) is 17.8. The van der Waals surface area contributed by atoms with Crippen LogP contribution in [0.25, 0.3) is 0 Å². The van der Waals surface area contributed by atoms with Crippen LogP contribution in [0.15, 0.2) is 48.5 Å². The maximum atomic E-state index is 12.2. The Morgan fingerprint density at radius 1 is 1.04 bits per heavy atom. The van der Waals surface area contributed by atoms with E-state index in [0.717, 1.165) is 0 Å². The molecule has 0 fully saturated rings. The summed E-state index contributed by atoms with van der Waals surface area (Å²) in [5.74, 6) is 0.0116. The lowest BCUT2D eigenvalue weighted by Crippen LogP contribution is -2.30. The summed E-state index contributed by atoms with van der Waals surface area (Å²) < 4.78 is 5.56. The van der Waals surface area contributed by atoms with Crippen LogP contribution in [-0.4, -0.2) is 25.1 Å². The second kappa shape index (κ2) is 8.36. The van der Waals surface area contributed by atoms with E-state index in [1.165, 1.54) is 7.05 Å². The molecule has 25 heavy (non-hydrogen) atoms. The van der Waals surface area contributed by atoms with E-state index in [-0.39, 0.29) is 11.9 Å². The molecule has 7 heteroatoms. The van der Waals surface area contributed by atoms with Gasteiger partial charge in [-0.3, -0.25) is 4.79 Å². The van der Waals surface area contributed by atoms with Gasteiger partial charge in [0, 0.05) is 18.4 Å². The highest BCUT2D eigenvalue weighted by Crippen LogP contribution is 2.19. The van der Waals surface area contributed by atoms with Gasteiger partial charge in [-0.1, -0.05) is 12.1 Å². The quantitative estimate of drug-likeness (QED) is 0.780. The number of nitrogens with zero attached hydrogens (tertiary/aromatic N) is 1. The van der Waals surface area contributed by atoms with E-state index in [2.05, 4.69) is 16.0 Å². The SMILES string of the molecule is CNC(=O)Nc1ccc(NC(=O)C(C)Oc2ccccc2C#N)cc1. The number of amides is 3. The number of carbonyl (C=O) groups is 2. The van der Waals surface area contributed by atoms with Gasteiger partial charge in [0.2, 0.25) is 0 Å². The fourth-order valence-electron chi connectivity index (χ4n) is 1.98. The predicted octanol–water partition coefficient (Wildman–Crippen LogP) is 2.72. The normalized spacial score (nSPS) is 10.9. The zero-order valence-corrected chi connectivity index (χ0v) is 13.9. The van der Waals surface area contributed by atoms with E-state index >= 15 is 0 Å². The maximum absolute atomic E-state index is 12.2. The predicted molar refractivity (Wildman–Crippen MR) is 94.4 cm³/mol. The highest BCUT2D eigenvalue weighted by Gasteiger charge is 2.16. The van der Waals surface area contributed by atoms with Crippen molar-refractivity contribution in [3.8, 4) is 11.8 Å². The average Bonchev–Trinajstić information content (AvgIpc) is 2.63. The molecule has 3 amide bonds. The first-order valence-corrected chi connectivity index (χ1v) is 7.59. The van der Waals surface area contributed by atoms with Gasteiger partial charge in [-0.15, -0.1) is 0 Å². The minimum absolute atomic E-state index is 0.324. The number of nitrogens with one attached hydrogen (secondary N) is 3. The van der Waals surface area contributed by atoms with Crippen molar-refractivity contribution in [2.75, 3.05) is 17.7 Å². The maximum Gasteiger partial charge on any atom is 0.318 e. The largest absolute Gasteiger partial charge is 0.480 e. The highest BCUT2D eigenvalue weighted by molar-refractivity contribution is 5.94. The zero-order valence-electron chi connectivity index (χ0n) is 13.9. The molecule has 7 nitrogen and oxygen atoms in total. The molecule has 0 aliphatic carbocycles. The number of ether oxygens (including phenoxy) is 1. The molecule has 0 spiro atoms. The number of hydrogen-bond donors (Lipinski definition) is 3. The lowest BCUT2D eigenvalue weighted by molar-refractivity contribution is -0.122. The van der Waals surface area contributed by atoms with Crippen LogP contribution in [0.5, 0.6) is 5.75 Å².